The average molecular weight is 281 g/mol. The van der Waals surface area contributed by atoms with Crippen LogP contribution >= 0.6 is 11.8 Å². The summed E-state index contributed by atoms with van der Waals surface area (Å²) in [7, 11) is 1.86. The van der Waals surface area contributed by atoms with Crippen LogP contribution in [0.25, 0.3) is 0 Å². The summed E-state index contributed by atoms with van der Waals surface area (Å²) < 4.78 is 3.67. The van der Waals surface area contributed by atoms with Crippen molar-refractivity contribution in [1.82, 2.24) is 24.5 Å². The Morgan fingerprint density at radius 2 is 2.26 bits per heavy atom. The number of aliphatic carboxylic acids is 1. The van der Waals surface area contributed by atoms with Gasteiger partial charge in [0.05, 0.1) is 18.5 Å². The molecule has 0 spiro atoms. The summed E-state index contributed by atoms with van der Waals surface area (Å²) in [4.78, 5) is 10.6. The lowest BCUT2D eigenvalue weighted by Gasteiger charge is -2.06. The lowest BCUT2D eigenvalue weighted by atomic mass is 10.3. The number of nitrogens with zero attached hydrogens (tertiary/aromatic N) is 5. The molecule has 0 aliphatic rings. The van der Waals surface area contributed by atoms with Crippen LogP contribution in [0.15, 0.2) is 17.6 Å². The van der Waals surface area contributed by atoms with Gasteiger partial charge in [-0.3, -0.25) is 9.48 Å². The molecule has 2 heterocycles. The molecular formula is C11H15N5O2S. The quantitative estimate of drug-likeness (QED) is 0.788. The minimum atomic E-state index is -0.862. The van der Waals surface area contributed by atoms with E-state index < -0.39 is 5.97 Å². The molecule has 0 bridgehead atoms. The second-order valence-electron chi connectivity index (χ2n) is 4.04. The fourth-order valence-corrected chi connectivity index (χ4v) is 2.39. The lowest BCUT2D eigenvalue weighted by Crippen LogP contribution is -2.07. The van der Waals surface area contributed by atoms with E-state index in [2.05, 4.69) is 15.3 Å². The molecule has 0 aliphatic carbocycles. The summed E-state index contributed by atoms with van der Waals surface area (Å²) in [6.45, 7) is 2.60. The van der Waals surface area contributed by atoms with E-state index in [1.807, 2.05) is 24.7 Å². The van der Waals surface area contributed by atoms with E-state index in [9.17, 15) is 4.79 Å². The zero-order valence-corrected chi connectivity index (χ0v) is 11.6. The molecule has 2 aromatic heterocycles. The van der Waals surface area contributed by atoms with Crippen molar-refractivity contribution in [2.24, 2.45) is 7.05 Å². The Balaban J connectivity index is 2.20. The molecule has 2 aromatic rings. The zero-order valence-electron chi connectivity index (χ0n) is 10.8. The summed E-state index contributed by atoms with van der Waals surface area (Å²) in [5, 5.41) is 21.6. The number of thioether (sulfide) groups is 1. The van der Waals surface area contributed by atoms with Gasteiger partial charge in [0, 0.05) is 25.2 Å². The second kappa shape index (κ2) is 5.87. The Morgan fingerprint density at radius 3 is 2.84 bits per heavy atom. The monoisotopic (exact) mass is 281 g/mol. The van der Waals surface area contributed by atoms with Crippen LogP contribution in [0.4, 0.5) is 0 Å². The van der Waals surface area contributed by atoms with Crippen LogP contribution in [0.1, 0.15) is 18.3 Å². The maximum Gasteiger partial charge on any atom is 0.313 e. The summed E-state index contributed by atoms with van der Waals surface area (Å²) in [6, 6.07) is 0. The number of carboxylic acids is 1. The first kappa shape index (κ1) is 13.6. The van der Waals surface area contributed by atoms with Gasteiger partial charge < -0.3 is 9.67 Å². The third kappa shape index (κ3) is 3.34. The Kier molecular flexibility index (Phi) is 4.20. The highest BCUT2D eigenvalue weighted by atomic mass is 32.2. The SMILES string of the molecule is CCc1nnc(SCC(=O)O)n1Cc1cnn(C)c1. The van der Waals surface area contributed by atoms with Crippen LogP contribution in [-0.4, -0.2) is 41.4 Å². The fraction of sp³-hybridized carbons (Fsp3) is 0.455. The van der Waals surface area contributed by atoms with Crippen LogP contribution in [-0.2, 0) is 24.8 Å². The van der Waals surface area contributed by atoms with Crippen molar-refractivity contribution >= 4 is 17.7 Å². The molecule has 2 rings (SSSR count). The first-order chi connectivity index (χ1) is 9.10. The molecular weight excluding hydrogens is 266 g/mol. The summed E-state index contributed by atoms with van der Waals surface area (Å²) in [6.07, 6.45) is 4.46. The summed E-state index contributed by atoms with van der Waals surface area (Å²) in [5.74, 6) is -0.0368. The molecule has 0 radical (unpaired) electrons. The number of hydrogen-bond acceptors (Lipinski definition) is 5. The van der Waals surface area contributed by atoms with Crippen LogP contribution in [0.5, 0.6) is 0 Å². The van der Waals surface area contributed by atoms with Gasteiger partial charge in [0.25, 0.3) is 0 Å². The normalized spacial score (nSPS) is 10.8. The third-order valence-corrected chi connectivity index (χ3v) is 3.48. The molecule has 0 fully saturated rings. The highest BCUT2D eigenvalue weighted by Crippen LogP contribution is 2.18. The van der Waals surface area contributed by atoms with Crippen LogP contribution in [0.3, 0.4) is 0 Å². The standard InChI is InChI=1S/C11H15N5O2S/c1-3-9-13-14-11(19-7-10(17)18)16(9)6-8-4-12-15(2)5-8/h4-5H,3,6-7H2,1-2H3,(H,17,18). The molecule has 1 N–H and O–H groups in total. The van der Waals surface area contributed by atoms with Gasteiger partial charge in [0.15, 0.2) is 5.16 Å². The predicted molar refractivity (Wildman–Crippen MR) is 70.1 cm³/mol. The summed E-state index contributed by atoms with van der Waals surface area (Å²) >= 11 is 1.18. The van der Waals surface area contributed by atoms with Gasteiger partial charge in [0.1, 0.15) is 5.82 Å². The van der Waals surface area contributed by atoms with E-state index in [1.54, 1.807) is 10.9 Å². The summed E-state index contributed by atoms with van der Waals surface area (Å²) in [5.41, 5.74) is 1.04. The van der Waals surface area contributed by atoms with E-state index in [4.69, 9.17) is 5.11 Å². The van der Waals surface area contributed by atoms with Crippen molar-refractivity contribution in [2.75, 3.05) is 5.75 Å². The number of hydrogen-bond donors (Lipinski definition) is 1. The second-order valence-corrected chi connectivity index (χ2v) is 4.99. The first-order valence-electron chi connectivity index (χ1n) is 5.84. The number of aryl methyl sites for hydroxylation is 2. The largest absolute Gasteiger partial charge is 0.481 e. The average Bonchev–Trinajstić information content (AvgIpc) is 2.94. The van der Waals surface area contributed by atoms with Gasteiger partial charge in [-0.15, -0.1) is 10.2 Å². The molecule has 0 atom stereocenters. The molecule has 0 saturated carbocycles. The van der Waals surface area contributed by atoms with Gasteiger partial charge >= 0.3 is 5.97 Å². The molecule has 19 heavy (non-hydrogen) atoms. The topological polar surface area (TPSA) is 85.8 Å². The van der Waals surface area contributed by atoms with Crippen molar-refractivity contribution < 1.29 is 9.90 Å². The number of aromatic nitrogens is 5. The molecule has 0 saturated heterocycles. The smallest absolute Gasteiger partial charge is 0.313 e. The van der Waals surface area contributed by atoms with Crippen molar-refractivity contribution in [3.05, 3.63) is 23.8 Å². The molecule has 7 nitrogen and oxygen atoms in total. The van der Waals surface area contributed by atoms with Crippen molar-refractivity contribution in [3.8, 4) is 0 Å². The maximum atomic E-state index is 10.6. The molecule has 0 aliphatic heterocycles. The molecule has 0 unspecified atom stereocenters. The highest BCUT2D eigenvalue weighted by molar-refractivity contribution is 7.99. The van der Waals surface area contributed by atoms with E-state index >= 15 is 0 Å². The minimum Gasteiger partial charge on any atom is -0.481 e. The Hall–Kier alpha value is -1.83. The van der Waals surface area contributed by atoms with Crippen LogP contribution < -0.4 is 0 Å². The molecule has 0 amide bonds. The molecule has 0 aromatic carbocycles. The minimum absolute atomic E-state index is 0.0190. The van der Waals surface area contributed by atoms with Gasteiger partial charge in [-0.2, -0.15) is 5.10 Å². The molecule has 8 heteroatoms. The van der Waals surface area contributed by atoms with Gasteiger partial charge in [0.2, 0.25) is 0 Å². The van der Waals surface area contributed by atoms with Crippen molar-refractivity contribution in [1.29, 1.82) is 0 Å². The predicted octanol–water partition coefficient (Wildman–Crippen LogP) is 0.799. The van der Waals surface area contributed by atoms with E-state index in [0.717, 1.165) is 17.8 Å². The van der Waals surface area contributed by atoms with E-state index in [0.29, 0.717) is 11.7 Å². The Bertz CT molecular complexity index is 577. The maximum absolute atomic E-state index is 10.6. The molecule has 102 valence electrons. The van der Waals surface area contributed by atoms with Crippen LogP contribution in [0.2, 0.25) is 0 Å². The first-order valence-corrected chi connectivity index (χ1v) is 6.83. The van der Waals surface area contributed by atoms with E-state index in [-0.39, 0.29) is 5.75 Å². The lowest BCUT2D eigenvalue weighted by molar-refractivity contribution is -0.133. The third-order valence-electron chi connectivity index (χ3n) is 2.53. The van der Waals surface area contributed by atoms with Gasteiger partial charge in [-0.25, -0.2) is 0 Å². The van der Waals surface area contributed by atoms with Crippen LogP contribution in [0, 0.1) is 0 Å². The number of carboxylic acid groups (broad SMARTS) is 1. The highest BCUT2D eigenvalue weighted by Gasteiger charge is 2.13. The number of carbonyl (C=O) groups is 1. The van der Waals surface area contributed by atoms with E-state index in [1.165, 1.54) is 11.8 Å². The van der Waals surface area contributed by atoms with Crippen molar-refractivity contribution in [2.45, 2.75) is 25.0 Å². The number of rotatable bonds is 6. The Morgan fingerprint density at radius 1 is 1.47 bits per heavy atom. The van der Waals surface area contributed by atoms with Gasteiger partial charge in [-0.05, 0) is 0 Å². The zero-order chi connectivity index (χ0) is 13.8. The van der Waals surface area contributed by atoms with Crippen molar-refractivity contribution in [3.63, 3.8) is 0 Å². The fourth-order valence-electron chi connectivity index (χ4n) is 1.71. The Labute approximate surface area is 114 Å². The van der Waals surface area contributed by atoms with Gasteiger partial charge in [-0.1, -0.05) is 18.7 Å².